The first-order valence-corrected chi connectivity index (χ1v) is 12.2. The van der Waals surface area contributed by atoms with Gasteiger partial charge in [-0.3, -0.25) is 9.59 Å². The van der Waals surface area contributed by atoms with Gasteiger partial charge in [-0.25, -0.2) is 4.79 Å². The van der Waals surface area contributed by atoms with Crippen molar-refractivity contribution in [1.82, 2.24) is 15.5 Å². The molecule has 0 aromatic heterocycles. The van der Waals surface area contributed by atoms with Gasteiger partial charge in [0.05, 0.1) is 12.1 Å². The van der Waals surface area contributed by atoms with Crippen molar-refractivity contribution in [3.63, 3.8) is 0 Å². The fraction of sp³-hybridized carbons (Fsp3) is 0.583. The van der Waals surface area contributed by atoms with Crippen molar-refractivity contribution in [2.75, 3.05) is 12.8 Å². The molecule has 176 valence electrons. The first kappa shape index (κ1) is 25.9. The van der Waals surface area contributed by atoms with Gasteiger partial charge in [0, 0.05) is 17.0 Å². The van der Waals surface area contributed by atoms with E-state index < -0.39 is 29.6 Å². The number of nitrogens with one attached hydrogen (secondary N) is 2. The van der Waals surface area contributed by atoms with Crippen LogP contribution in [-0.4, -0.2) is 59.8 Å². The number of hydrogen-bond donors (Lipinski definition) is 2. The van der Waals surface area contributed by atoms with E-state index in [2.05, 4.69) is 10.6 Å². The summed E-state index contributed by atoms with van der Waals surface area (Å²) in [6.07, 6.45) is 4.15. The van der Waals surface area contributed by atoms with Crippen molar-refractivity contribution < 1.29 is 19.2 Å². The summed E-state index contributed by atoms with van der Waals surface area (Å²) in [7, 11) is 0. The monoisotopic (exact) mass is 461 g/mol. The Morgan fingerprint density at radius 2 is 1.75 bits per heavy atom. The van der Waals surface area contributed by atoms with E-state index in [0.29, 0.717) is 18.5 Å². The van der Waals surface area contributed by atoms with Gasteiger partial charge in [0.1, 0.15) is 12.3 Å². The van der Waals surface area contributed by atoms with Crippen molar-refractivity contribution in [3.8, 4) is 0 Å². The lowest BCUT2D eigenvalue weighted by molar-refractivity contribution is -0.138. The fourth-order valence-corrected chi connectivity index (χ4v) is 4.21. The number of rotatable bonds is 8. The second kappa shape index (κ2) is 11.0. The van der Waals surface area contributed by atoms with Crippen LogP contribution >= 0.6 is 11.8 Å². The number of urea groups is 1. The second-order valence-electron chi connectivity index (χ2n) is 9.61. The number of Topliss-reactive ketones (excluding diaryl/α,β-unsaturated/α-hetero) is 1. The third-order valence-electron chi connectivity index (χ3n) is 5.74. The maximum absolute atomic E-state index is 13.2. The predicted molar refractivity (Wildman–Crippen MR) is 127 cm³/mol. The van der Waals surface area contributed by atoms with Crippen LogP contribution in [-0.2, 0) is 9.59 Å². The van der Waals surface area contributed by atoms with E-state index in [-0.39, 0.29) is 17.6 Å². The van der Waals surface area contributed by atoms with Gasteiger partial charge in [0.2, 0.25) is 5.91 Å². The summed E-state index contributed by atoms with van der Waals surface area (Å²) in [6.45, 7) is 9.81. The number of ketones is 1. The Balaban J connectivity index is 2.16. The zero-order valence-electron chi connectivity index (χ0n) is 19.8. The molecule has 0 saturated carbocycles. The highest BCUT2D eigenvalue weighted by Gasteiger charge is 2.40. The zero-order chi connectivity index (χ0) is 24.1. The van der Waals surface area contributed by atoms with Crippen LogP contribution in [0.4, 0.5) is 4.79 Å². The van der Waals surface area contributed by atoms with Gasteiger partial charge in [-0.1, -0.05) is 46.8 Å². The Morgan fingerprint density at radius 3 is 2.25 bits per heavy atom. The molecule has 3 atom stereocenters. The Morgan fingerprint density at radius 1 is 1.12 bits per heavy atom. The molecule has 2 unspecified atom stereocenters. The molecule has 1 heterocycles. The number of benzene rings is 1. The summed E-state index contributed by atoms with van der Waals surface area (Å²) in [6, 6.07) is 4.69. The number of amides is 3. The Labute approximate surface area is 195 Å². The molecule has 1 aromatic rings. The SMILES string of the molecule is CSc1ccc(C(=O)C(NC(=O)NC(C(=O)N2CCC[C@H]2C=O)C(C)(C)C)C(C)C)cc1. The van der Waals surface area contributed by atoms with Crippen molar-refractivity contribution in [2.45, 2.75) is 70.5 Å². The van der Waals surface area contributed by atoms with Gasteiger partial charge < -0.3 is 20.3 Å². The fourth-order valence-electron chi connectivity index (χ4n) is 3.81. The lowest BCUT2D eigenvalue weighted by Crippen LogP contribution is -2.59. The van der Waals surface area contributed by atoms with E-state index in [0.717, 1.165) is 17.6 Å². The second-order valence-corrected chi connectivity index (χ2v) is 10.5. The van der Waals surface area contributed by atoms with Gasteiger partial charge in [-0.2, -0.15) is 0 Å². The van der Waals surface area contributed by atoms with Crippen molar-refractivity contribution >= 4 is 35.8 Å². The van der Waals surface area contributed by atoms with Crippen LogP contribution in [0.15, 0.2) is 29.2 Å². The van der Waals surface area contributed by atoms with Gasteiger partial charge >= 0.3 is 6.03 Å². The van der Waals surface area contributed by atoms with Crippen LogP contribution in [0.25, 0.3) is 0 Å². The smallest absolute Gasteiger partial charge is 0.316 e. The lowest BCUT2D eigenvalue weighted by atomic mass is 9.85. The van der Waals surface area contributed by atoms with Crippen LogP contribution in [0.3, 0.4) is 0 Å². The van der Waals surface area contributed by atoms with Crippen molar-refractivity contribution in [1.29, 1.82) is 0 Å². The minimum absolute atomic E-state index is 0.143. The zero-order valence-corrected chi connectivity index (χ0v) is 20.6. The summed E-state index contributed by atoms with van der Waals surface area (Å²) in [5, 5.41) is 5.55. The van der Waals surface area contributed by atoms with E-state index in [1.807, 2.05) is 53.0 Å². The highest BCUT2D eigenvalue weighted by Crippen LogP contribution is 2.25. The predicted octanol–water partition coefficient (Wildman–Crippen LogP) is 3.52. The molecule has 0 bridgehead atoms. The molecule has 32 heavy (non-hydrogen) atoms. The Kier molecular flexibility index (Phi) is 8.89. The summed E-state index contributed by atoms with van der Waals surface area (Å²) in [5.74, 6) is -0.598. The van der Waals surface area contributed by atoms with Crippen LogP contribution in [0, 0.1) is 11.3 Å². The third kappa shape index (κ3) is 6.34. The normalized spacial score (nSPS) is 18.2. The lowest BCUT2D eigenvalue weighted by Gasteiger charge is -2.35. The maximum atomic E-state index is 13.2. The average Bonchev–Trinajstić information content (AvgIpc) is 3.23. The summed E-state index contributed by atoms with van der Waals surface area (Å²) in [5.41, 5.74) is -0.0498. The van der Waals surface area contributed by atoms with Gasteiger partial charge in [0.25, 0.3) is 0 Å². The number of aldehydes is 1. The maximum Gasteiger partial charge on any atom is 0.316 e. The molecule has 1 aliphatic heterocycles. The topological polar surface area (TPSA) is 95.6 Å². The molecule has 2 rings (SSSR count). The van der Waals surface area contributed by atoms with E-state index in [9.17, 15) is 19.2 Å². The largest absolute Gasteiger partial charge is 0.331 e. The molecule has 1 fully saturated rings. The molecular weight excluding hydrogens is 426 g/mol. The number of hydrogen-bond acceptors (Lipinski definition) is 5. The molecule has 2 N–H and O–H groups in total. The highest BCUT2D eigenvalue weighted by molar-refractivity contribution is 7.98. The molecular formula is C24H35N3O4S. The molecule has 0 aliphatic carbocycles. The first-order valence-electron chi connectivity index (χ1n) is 11.0. The molecule has 1 saturated heterocycles. The van der Waals surface area contributed by atoms with Crippen molar-refractivity contribution in [3.05, 3.63) is 29.8 Å². The molecule has 1 aliphatic rings. The van der Waals surface area contributed by atoms with E-state index in [1.165, 1.54) is 0 Å². The highest BCUT2D eigenvalue weighted by atomic mass is 32.2. The summed E-state index contributed by atoms with van der Waals surface area (Å²) in [4.78, 5) is 53.1. The summed E-state index contributed by atoms with van der Waals surface area (Å²) >= 11 is 1.59. The number of thioether (sulfide) groups is 1. The molecule has 1 aromatic carbocycles. The quantitative estimate of drug-likeness (QED) is 0.351. The Hall–Kier alpha value is -2.35. The Bertz CT molecular complexity index is 833. The van der Waals surface area contributed by atoms with Gasteiger partial charge in [-0.15, -0.1) is 11.8 Å². The average molecular weight is 462 g/mol. The van der Waals surface area contributed by atoms with E-state index in [4.69, 9.17) is 0 Å². The minimum atomic E-state index is -0.827. The molecule has 8 heteroatoms. The van der Waals surface area contributed by atoms with Crippen LogP contribution in [0.5, 0.6) is 0 Å². The number of likely N-dealkylation sites (tertiary alicyclic amines) is 1. The van der Waals surface area contributed by atoms with Gasteiger partial charge in [-0.05, 0) is 42.6 Å². The molecule has 0 spiro atoms. The minimum Gasteiger partial charge on any atom is -0.331 e. The summed E-state index contributed by atoms with van der Waals surface area (Å²) < 4.78 is 0. The van der Waals surface area contributed by atoms with Gasteiger partial charge in [0.15, 0.2) is 5.78 Å². The first-order chi connectivity index (χ1) is 15.0. The number of nitrogens with zero attached hydrogens (tertiary/aromatic N) is 1. The standard InChI is InChI=1S/C24H35N3O4S/c1-15(2)19(20(29)16-9-11-18(32-6)12-10-16)25-23(31)26-21(24(3,4)5)22(30)27-13-7-8-17(27)14-28/h9-12,14-15,17,19,21H,7-8,13H2,1-6H3,(H2,25,26,31)/t17-,19?,21?/m0/s1. The number of carbonyl (C=O) groups is 4. The van der Waals surface area contributed by atoms with Crippen LogP contribution in [0.1, 0.15) is 57.8 Å². The van der Waals surface area contributed by atoms with E-state index >= 15 is 0 Å². The van der Waals surface area contributed by atoms with Crippen LogP contribution < -0.4 is 10.6 Å². The van der Waals surface area contributed by atoms with Crippen molar-refractivity contribution in [2.24, 2.45) is 11.3 Å². The molecule has 3 amide bonds. The third-order valence-corrected chi connectivity index (χ3v) is 6.48. The van der Waals surface area contributed by atoms with E-state index in [1.54, 1.807) is 28.8 Å². The molecule has 7 nitrogen and oxygen atoms in total. The molecule has 0 radical (unpaired) electrons. The van der Waals surface area contributed by atoms with Crippen LogP contribution in [0.2, 0.25) is 0 Å². The number of carbonyl (C=O) groups excluding carboxylic acids is 4.